The van der Waals surface area contributed by atoms with Crippen molar-refractivity contribution in [1.82, 2.24) is 9.78 Å². The van der Waals surface area contributed by atoms with Gasteiger partial charge >= 0.3 is 0 Å². The molecular formula is C18H19N3O2. The lowest BCUT2D eigenvalue weighted by Crippen LogP contribution is -2.15. The molecule has 1 N–H and O–H groups in total. The monoisotopic (exact) mass is 309 g/mol. The van der Waals surface area contributed by atoms with Crippen LogP contribution in [0.1, 0.15) is 33.1 Å². The Morgan fingerprint density at radius 1 is 1.09 bits per heavy atom. The second-order valence-corrected chi connectivity index (χ2v) is 5.70. The SMILES string of the molecule is Cc1ccc(-n2nc(C)cc2NC(=O)c2cc(C)oc2C)cc1. The molecule has 2 aromatic heterocycles. The quantitative estimate of drug-likeness (QED) is 0.797. The van der Waals surface area contributed by atoms with Gasteiger partial charge in [0.15, 0.2) is 0 Å². The van der Waals surface area contributed by atoms with Crippen LogP contribution in [0.25, 0.3) is 5.69 Å². The molecule has 3 rings (SSSR count). The summed E-state index contributed by atoms with van der Waals surface area (Å²) in [5, 5.41) is 7.38. The van der Waals surface area contributed by atoms with E-state index in [0.29, 0.717) is 17.1 Å². The highest BCUT2D eigenvalue weighted by Gasteiger charge is 2.16. The molecule has 5 nitrogen and oxygen atoms in total. The topological polar surface area (TPSA) is 60.1 Å². The third-order valence-corrected chi connectivity index (χ3v) is 3.64. The Kier molecular flexibility index (Phi) is 3.78. The minimum absolute atomic E-state index is 0.201. The molecular weight excluding hydrogens is 290 g/mol. The number of amides is 1. The summed E-state index contributed by atoms with van der Waals surface area (Å²) in [5.41, 5.74) is 3.45. The Labute approximate surface area is 134 Å². The summed E-state index contributed by atoms with van der Waals surface area (Å²) >= 11 is 0. The van der Waals surface area contributed by atoms with Crippen LogP contribution in [0.5, 0.6) is 0 Å². The smallest absolute Gasteiger partial charge is 0.260 e. The van der Waals surface area contributed by atoms with Crippen molar-refractivity contribution in [2.24, 2.45) is 0 Å². The molecule has 2 heterocycles. The fourth-order valence-corrected chi connectivity index (χ4v) is 2.51. The minimum Gasteiger partial charge on any atom is -0.466 e. The lowest BCUT2D eigenvalue weighted by molar-refractivity contribution is 0.102. The van der Waals surface area contributed by atoms with Crippen LogP contribution >= 0.6 is 0 Å². The van der Waals surface area contributed by atoms with Crippen LogP contribution in [0.15, 0.2) is 40.8 Å². The lowest BCUT2D eigenvalue weighted by atomic mass is 10.2. The van der Waals surface area contributed by atoms with E-state index in [1.807, 2.05) is 51.1 Å². The Bertz CT molecular complexity index is 857. The van der Waals surface area contributed by atoms with Crippen molar-refractivity contribution in [3.8, 4) is 5.69 Å². The normalized spacial score (nSPS) is 10.8. The molecule has 0 unspecified atom stereocenters. The highest BCUT2D eigenvalue weighted by atomic mass is 16.3. The van der Waals surface area contributed by atoms with Crippen molar-refractivity contribution < 1.29 is 9.21 Å². The molecule has 0 bridgehead atoms. The van der Waals surface area contributed by atoms with Crippen molar-refractivity contribution in [3.63, 3.8) is 0 Å². The molecule has 0 aliphatic carbocycles. The van der Waals surface area contributed by atoms with Crippen molar-refractivity contribution in [2.45, 2.75) is 27.7 Å². The Hall–Kier alpha value is -2.82. The number of aromatic nitrogens is 2. The maximum atomic E-state index is 12.5. The van der Waals surface area contributed by atoms with Gasteiger partial charge in [-0.2, -0.15) is 5.10 Å². The van der Waals surface area contributed by atoms with E-state index in [2.05, 4.69) is 10.4 Å². The van der Waals surface area contributed by atoms with Crippen LogP contribution in [0.3, 0.4) is 0 Å². The third-order valence-electron chi connectivity index (χ3n) is 3.64. The average molecular weight is 309 g/mol. The number of aryl methyl sites for hydroxylation is 4. The van der Waals surface area contributed by atoms with Gasteiger partial charge in [0.25, 0.3) is 5.91 Å². The predicted octanol–water partition coefficient (Wildman–Crippen LogP) is 3.95. The summed E-state index contributed by atoms with van der Waals surface area (Å²) in [6.07, 6.45) is 0. The summed E-state index contributed by atoms with van der Waals surface area (Å²) < 4.78 is 7.15. The van der Waals surface area contributed by atoms with Gasteiger partial charge in [-0.05, 0) is 45.9 Å². The van der Waals surface area contributed by atoms with Crippen molar-refractivity contribution >= 4 is 11.7 Å². The molecule has 0 saturated carbocycles. The molecule has 118 valence electrons. The third kappa shape index (κ3) is 3.04. The number of rotatable bonds is 3. The molecule has 0 aliphatic heterocycles. The highest BCUT2D eigenvalue weighted by molar-refractivity contribution is 6.04. The number of benzene rings is 1. The number of anilines is 1. The number of nitrogens with one attached hydrogen (secondary N) is 1. The van der Waals surface area contributed by atoms with Gasteiger partial charge < -0.3 is 9.73 Å². The Morgan fingerprint density at radius 3 is 2.39 bits per heavy atom. The summed E-state index contributed by atoms with van der Waals surface area (Å²) in [6.45, 7) is 7.54. The summed E-state index contributed by atoms with van der Waals surface area (Å²) in [5.74, 6) is 1.76. The van der Waals surface area contributed by atoms with Gasteiger partial charge in [0.2, 0.25) is 0 Å². The zero-order valence-corrected chi connectivity index (χ0v) is 13.7. The molecule has 1 aromatic carbocycles. The van der Waals surface area contributed by atoms with Crippen molar-refractivity contribution in [3.05, 3.63) is 64.7 Å². The van der Waals surface area contributed by atoms with E-state index in [0.717, 1.165) is 17.1 Å². The number of carbonyl (C=O) groups is 1. The minimum atomic E-state index is -0.201. The number of furan rings is 1. The number of nitrogens with zero attached hydrogens (tertiary/aromatic N) is 2. The largest absolute Gasteiger partial charge is 0.466 e. The fourth-order valence-electron chi connectivity index (χ4n) is 2.51. The van der Waals surface area contributed by atoms with E-state index in [9.17, 15) is 4.79 Å². The molecule has 0 aliphatic rings. The first-order chi connectivity index (χ1) is 10.9. The average Bonchev–Trinajstić information content (AvgIpc) is 3.02. The van der Waals surface area contributed by atoms with Gasteiger partial charge in [0.1, 0.15) is 17.3 Å². The summed E-state index contributed by atoms with van der Waals surface area (Å²) in [7, 11) is 0. The van der Waals surface area contributed by atoms with Gasteiger partial charge in [0.05, 0.1) is 16.9 Å². The van der Waals surface area contributed by atoms with Crippen LogP contribution in [-0.4, -0.2) is 15.7 Å². The molecule has 3 aromatic rings. The number of hydrogen-bond donors (Lipinski definition) is 1. The summed E-state index contributed by atoms with van der Waals surface area (Å²) in [4.78, 5) is 12.5. The van der Waals surface area contributed by atoms with E-state index >= 15 is 0 Å². The molecule has 1 amide bonds. The lowest BCUT2D eigenvalue weighted by Gasteiger charge is -2.09. The molecule has 23 heavy (non-hydrogen) atoms. The van der Waals surface area contributed by atoms with E-state index < -0.39 is 0 Å². The van der Waals surface area contributed by atoms with Crippen molar-refractivity contribution in [1.29, 1.82) is 0 Å². The highest BCUT2D eigenvalue weighted by Crippen LogP contribution is 2.20. The van der Waals surface area contributed by atoms with E-state index in [4.69, 9.17) is 4.42 Å². The standard InChI is InChI=1S/C18H19N3O2/c1-11-5-7-15(8-6-11)21-17(9-12(2)20-21)19-18(22)16-10-13(3)23-14(16)4/h5-10H,1-4H3,(H,19,22). The second-order valence-electron chi connectivity index (χ2n) is 5.70. The Balaban J connectivity index is 1.93. The molecule has 0 fully saturated rings. The van der Waals surface area contributed by atoms with Crippen LogP contribution in [-0.2, 0) is 0 Å². The first-order valence-electron chi connectivity index (χ1n) is 7.46. The first kappa shape index (κ1) is 15.1. The van der Waals surface area contributed by atoms with Gasteiger partial charge in [-0.25, -0.2) is 4.68 Å². The van der Waals surface area contributed by atoms with Gasteiger partial charge in [-0.15, -0.1) is 0 Å². The van der Waals surface area contributed by atoms with Crippen LogP contribution in [0.2, 0.25) is 0 Å². The first-order valence-corrected chi connectivity index (χ1v) is 7.46. The van der Waals surface area contributed by atoms with Crippen LogP contribution < -0.4 is 5.32 Å². The fraction of sp³-hybridized carbons (Fsp3) is 0.222. The molecule has 5 heteroatoms. The maximum Gasteiger partial charge on any atom is 0.260 e. The zero-order valence-electron chi connectivity index (χ0n) is 13.7. The van der Waals surface area contributed by atoms with E-state index in [1.54, 1.807) is 17.7 Å². The second kappa shape index (κ2) is 5.76. The molecule has 0 spiro atoms. The van der Waals surface area contributed by atoms with E-state index in [-0.39, 0.29) is 5.91 Å². The number of hydrogen-bond acceptors (Lipinski definition) is 3. The zero-order chi connectivity index (χ0) is 16.6. The van der Waals surface area contributed by atoms with Gasteiger partial charge in [-0.1, -0.05) is 17.7 Å². The van der Waals surface area contributed by atoms with Gasteiger partial charge in [-0.3, -0.25) is 4.79 Å². The van der Waals surface area contributed by atoms with Crippen LogP contribution in [0.4, 0.5) is 5.82 Å². The number of carbonyl (C=O) groups excluding carboxylic acids is 1. The molecule has 0 radical (unpaired) electrons. The van der Waals surface area contributed by atoms with E-state index in [1.165, 1.54) is 5.56 Å². The summed E-state index contributed by atoms with van der Waals surface area (Å²) in [6, 6.07) is 11.6. The molecule has 0 atom stereocenters. The predicted molar refractivity (Wildman–Crippen MR) is 89.2 cm³/mol. The van der Waals surface area contributed by atoms with Gasteiger partial charge in [0, 0.05) is 6.07 Å². The molecule has 0 saturated heterocycles. The Morgan fingerprint density at radius 2 is 1.78 bits per heavy atom. The maximum absolute atomic E-state index is 12.5. The van der Waals surface area contributed by atoms with Crippen molar-refractivity contribution in [2.75, 3.05) is 5.32 Å². The van der Waals surface area contributed by atoms with Crippen LogP contribution in [0, 0.1) is 27.7 Å².